The molecule has 122 valence electrons. The summed E-state index contributed by atoms with van der Waals surface area (Å²) in [6.45, 7) is 4.72. The van der Waals surface area contributed by atoms with Gasteiger partial charge >= 0.3 is 0 Å². The molecular weight excluding hydrogens is 368 g/mol. The first-order chi connectivity index (χ1) is 11.5. The SMILES string of the molecule is CCn1c(C)cc(=O)c2cc(C(=O)Nc3cccc(Br)c3)ccc21. The molecule has 0 aliphatic carbocycles. The van der Waals surface area contributed by atoms with Gasteiger partial charge in [-0.3, -0.25) is 9.59 Å². The normalized spacial score (nSPS) is 10.8. The molecule has 0 spiro atoms. The van der Waals surface area contributed by atoms with E-state index in [1.165, 1.54) is 0 Å². The second kappa shape index (κ2) is 6.61. The lowest BCUT2D eigenvalue weighted by Crippen LogP contribution is -2.15. The molecule has 0 aliphatic rings. The predicted octanol–water partition coefficient (Wildman–Crippen LogP) is 4.34. The number of fused-ring (bicyclic) bond motifs is 1. The molecular formula is C19H17BrN2O2. The van der Waals surface area contributed by atoms with Gasteiger partial charge < -0.3 is 9.88 Å². The number of hydrogen-bond donors (Lipinski definition) is 1. The number of rotatable bonds is 3. The largest absolute Gasteiger partial charge is 0.345 e. The fourth-order valence-corrected chi connectivity index (χ4v) is 3.23. The van der Waals surface area contributed by atoms with Gasteiger partial charge in [0.15, 0.2) is 5.43 Å². The van der Waals surface area contributed by atoms with Crippen LogP contribution in [-0.2, 0) is 6.54 Å². The Bertz CT molecular complexity index is 992. The Morgan fingerprint density at radius 3 is 2.67 bits per heavy atom. The first-order valence-electron chi connectivity index (χ1n) is 7.70. The van der Waals surface area contributed by atoms with Crippen LogP contribution in [0.1, 0.15) is 23.0 Å². The minimum atomic E-state index is -0.238. The van der Waals surface area contributed by atoms with E-state index in [4.69, 9.17) is 0 Å². The monoisotopic (exact) mass is 384 g/mol. The standard InChI is InChI=1S/C19H17BrN2O2/c1-3-22-12(2)9-18(23)16-10-13(7-8-17(16)22)19(24)21-15-6-4-5-14(20)11-15/h4-11H,3H2,1-2H3,(H,21,24). The molecule has 1 amide bonds. The van der Waals surface area contributed by atoms with Gasteiger partial charge in [0.25, 0.3) is 5.91 Å². The zero-order chi connectivity index (χ0) is 17.3. The molecule has 3 aromatic rings. The molecule has 0 bridgehead atoms. The number of benzene rings is 2. The van der Waals surface area contributed by atoms with E-state index in [1.54, 1.807) is 18.2 Å². The van der Waals surface area contributed by atoms with Crippen molar-refractivity contribution in [2.75, 3.05) is 5.32 Å². The minimum absolute atomic E-state index is 0.0655. The van der Waals surface area contributed by atoms with E-state index in [1.807, 2.05) is 44.2 Å². The average Bonchev–Trinajstić information content (AvgIpc) is 2.55. The van der Waals surface area contributed by atoms with E-state index in [0.717, 1.165) is 22.2 Å². The summed E-state index contributed by atoms with van der Waals surface area (Å²) in [6.07, 6.45) is 0. The quantitative estimate of drug-likeness (QED) is 0.729. The van der Waals surface area contributed by atoms with Crippen molar-refractivity contribution in [2.24, 2.45) is 0 Å². The maximum atomic E-state index is 12.5. The number of anilines is 1. The van der Waals surface area contributed by atoms with Crippen molar-refractivity contribution in [3.63, 3.8) is 0 Å². The number of aryl methyl sites for hydroxylation is 2. The Hall–Kier alpha value is -2.40. The molecule has 0 fully saturated rings. The van der Waals surface area contributed by atoms with Gasteiger partial charge in [0.05, 0.1) is 5.52 Å². The van der Waals surface area contributed by atoms with Gasteiger partial charge in [-0.05, 0) is 50.2 Å². The molecule has 0 saturated heterocycles. The third-order valence-electron chi connectivity index (χ3n) is 3.98. The lowest BCUT2D eigenvalue weighted by molar-refractivity contribution is 0.102. The highest BCUT2D eigenvalue weighted by Gasteiger charge is 2.11. The van der Waals surface area contributed by atoms with E-state index < -0.39 is 0 Å². The highest BCUT2D eigenvalue weighted by atomic mass is 79.9. The van der Waals surface area contributed by atoms with Crippen LogP contribution < -0.4 is 10.7 Å². The lowest BCUT2D eigenvalue weighted by Gasteiger charge is -2.13. The number of aromatic nitrogens is 1. The van der Waals surface area contributed by atoms with Gasteiger partial charge in [0.1, 0.15) is 0 Å². The van der Waals surface area contributed by atoms with Gasteiger partial charge in [-0.1, -0.05) is 22.0 Å². The highest BCUT2D eigenvalue weighted by molar-refractivity contribution is 9.10. The maximum Gasteiger partial charge on any atom is 0.255 e. The lowest BCUT2D eigenvalue weighted by atomic mass is 10.1. The van der Waals surface area contributed by atoms with E-state index in [-0.39, 0.29) is 11.3 Å². The molecule has 0 unspecified atom stereocenters. The Kier molecular flexibility index (Phi) is 4.53. The summed E-state index contributed by atoms with van der Waals surface area (Å²) >= 11 is 3.38. The van der Waals surface area contributed by atoms with E-state index in [2.05, 4.69) is 25.8 Å². The second-order valence-electron chi connectivity index (χ2n) is 5.59. The molecule has 0 saturated carbocycles. The summed E-state index contributed by atoms with van der Waals surface area (Å²) < 4.78 is 2.95. The van der Waals surface area contributed by atoms with Gasteiger partial charge in [-0.25, -0.2) is 0 Å². The molecule has 1 N–H and O–H groups in total. The average molecular weight is 385 g/mol. The number of carbonyl (C=O) groups is 1. The maximum absolute atomic E-state index is 12.5. The van der Waals surface area contributed by atoms with Crippen LogP contribution in [0.15, 0.2) is 57.8 Å². The Labute approximate surface area is 148 Å². The molecule has 3 rings (SSSR count). The van der Waals surface area contributed by atoms with Crippen LogP contribution in [0.5, 0.6) is 0 Å². The summed E-state index contributed by atoms with van der Waals surface area (Å²) in [6, 6.07) is 14.2. The number of nitrogens with zero attached hydrogens (tertiary/aromatic N) is 1. The highest BCUT2D eigenvalue weighted by Crippen LogP contribution is 2.19. The third-order valence-corrected chi connectivity index (χ3v) is 4.47. The predicted molar refractivity (Wildman–Crippen MR) is 101 cm³/mol. The van der Waals surface area contributed by atoms with Crippen molar-refractivity contribution < 1.29 is 4.79 Å². The summed E-state index contributed by atoms with van der Waals surface area (Å²) in [4.78, 5) is 24.8. The van der Waals surface area contributed by atoms with Gasteiger partial charge in [-0.15, -0.1) is 0 Å². The van der Waals surface area contributed by atoms with Crippen LogP contribution >= 0.6 is 15.9 Å². The van der Waals surface area contributed by atoms with Crippen LogP contribution in [0.4, 0.5) is 5.69 Å². The molecule has 0 aliphatic heterocycles. The van der Waals surface area contributed by atoms with Crippen molar-refractivity contribution >= 4 is 38.4 Å². The number of halogens is 1. The third kappa shape index (κ3) is 3.12. The van der Waals surface area contributed by atoms with Gasteiger partial charge in [0.2, 0.25) is 0 Å². The molecule has 2 aromatic carbocycles. The van der Waals surface area contributed by atoms with Crippen LogP contribution in [0, 0.1) is 6.92 Å². The summed E-state index contributed by atoms with van der Waals surface area (Å²) in [5.41, 5.74) is 2.86. The van der Waals surface area contributed by atoms with Crippen molar-refractivity contribution in [3.05, 3.63) is 74.5 Å². The summed E-state index contributed by atoms with van der Waals surface area (Å²) in [7, 11) is 0. The number of carbonyl (C=O) groups excluding carboxylic acids is 1. The molecule has 0 atom stereocenters. The fourth-order valence-electron chi connectivity index (χ4n) is 2.83. The smallest absolute Gasteiger partial charge is 0.255 e. The Morgan fingerprint density at radius 1 is 1.17 bits per heavy atom. The van der Waals surface area contributed by atoms with Crippen LogP contribution in [0.3, 0.4) is 0 Å². The van der Waals surface area contributed by atoms with Crippen molar-refractivity contribution in [1.29, 1.82) is 0 Å². The second-order valence-corrected chi connectivity index (χ2v) is 6.51. The zero-order valence-electron chi connectivity index (χ0n) is 13.5. The minimum Gasteiger partial charge on any atom is -0.345 e. The molecule has 5 heteroatoms. The number of nitrogens with one attached hydrogen (secondary N) is 1. The van der Waals surface area contributed by atoms with Crippen molar-refractivity contribution in [1.82, 2.24) is 4.57 Å². The Morgan fingerprint density at radius 2 is 1.96 bits per heavy atom. The van der Waals surface area contributed by atoms with Gasteiger partial charge in [-0.2, -0.15) is 0 Å². The number of hydrogen-bond acceptors (Lipinski definition) is 2. The fraction of sp³-hybridized carbons (Fsp3) is 0.158. The van der Waals surface area contributed by atoms with Gasteiger partial charge in [0, 0.05) is 39.4 Å². The summed E-state index contributed by atoms with van der Waals surface area (Å²) in [5.74, 6) is -0.238. The molecule has 4 nitrogen and oxygen atoms in total. The van der Waals surface area contributed by atoms with Crippen LogP contribution in [-0.4, -0.2) is 10.5 Å². The first-order valence-corrected chi connectivity index (χ1v) is 8.50. The molecule has 1 aromatic heterocycles. The zero-order valence-corrected chi connectivity index (χ0v) is 15.1. The summed E-state index contributed by atoms with van der Waals surface area (Å²) in [5, 5.41) is 3.40. The molecule has 24 heavy (non-hydrogen) atoms. The van der Waals surface area contributed by atoms with E-state index in [9.17, 15) is 9.59 Å². The Balaban J connectivity index is 2.02. The number of amides is 1. The van der Waals surface area contributed by atoms with Crippen molar-refractivity contribution in [3.8, 4) is 0 Å². The van der Waals surface area contributed by atoms with E-state index >= 15 is 0 Å². The first kappa shape index (κ1) is 16.5. The van der Waals surface area contributed by atoms with Crippen LogP contribution in [0.2, 0.25) is 0 Å². The topological polar surface area (TPSA) is 51.1 Å². The number of pyridine rings is 1. The van der Waals surface area contributed by atoms with Crippen LogP contribution in [0.25, 0.3) is 10.9 Å². The van der Waals surface area contributed by atoms with E-state index in [0.29, 0.717) is 16.6 Å². The molecule has 1 heterocycles. The van der Waals surface area contributed by atoms with Crippen molar-refractivity contribution in [2.45, 2.75) is 20.4 Å². The molecule has 0 radical (unpaired) electrons.